The summed E-state index contributed by atoms with van der Waals surface area (Å²) in [5, 5.41) is 9.84. The van der Waals surface area contributed by atoms with Crippen LogP contribution in [-0.2, 0) is 13.2 Å². The molecule has 0 aliphatic heterocycles. The summed E-state index contributed by atoms with van der Waals surface area (Å²) < 4.78 is 15.6. The zero-order valence-corrected chi connectivity index (χ0v) is 16.3. The molecule has 0 bridgehead atoms. The second-order valence-electron chi connectivity index (χ2n) is 7.52. The van der Waals surface area contributed by atoms with E-state index in [0.717, 1.165) is 22.3 Å². The smallest absolute Gasteiger partial charge is 0.133 e. The normalized spacial score (nSPS) is 12.8. The molecule has 141 valence electrons. The predicted molar refractivity (Wildman–Crippen MR) is 107 cm³/mol. The maximum atomic E-state index is 15.6. The molecule has 0 aliphatic carbocycles. The van der Waals surface area contributed by atoms with Gasteiger partial charge in [0.15, 0.2) is 0 Å². The minimum Gasteiger partial charge on any atom is -0.392 e. The van der Waals surface area contributed by atoms with E-state index < -0.39 is 0 Å². The van der Waals surface area contributed by atoms with Crippen molar-refractivity contribution in [1.29, 1.82) is 0 Å². The van der Waals surface area contributed by atoms with Crippen LogP contribution in [0, 0.1) is 12.7 Å². The molecule has 0 fully saturated rings. The number of aliphatic hydroxyl groups is 1. The minimum absolute atomic E-state index is 0.150. The summed E-state index contributed by atoms with van der Waals surface area (Å²) in [7, 11) is 0. The monoisotopic (exact) mass is 356 g/mol. The van der Waals surface area contributed by atoms with E-state index in [1.807, 2.05) is 38.1 Å². The van der Waals surface area contributed by atoms with Crippen LogP contribution in [0.25, 0.3) is 0 Å². The second kappa shape index (κ2) is 8.79. The molecular formula is C23H31FNO. The summed E-state index contributed by atoms with van der Waals surface area (Å²) in [4.78, 5) is 0. The van der Waals surface area contributed by atoms with Crippen LogP contribution in [0.2, 0.25) is 0 Å². The van der Waals surface area contributed by atoms with Crippen molar-refractivity contribution < 1.29 is 9.50 Å². The SMILES string of the molecule is [CH2]CC(c1cccc(CN)c1)c1c(C(C)C)cc(C(C)C)c(CO)c1F. The van der Waals surface area contributed by atoms with Crippen molar-refractivity contribution in [2.24, 2.45) is 5.73 Å². The molecule has 3 heteroatoms. The maximum absolute atomic E-state index is 15.6. The Labute approximate surface area is 157 Å². The van der Waals surface area contributed by atoms with Gasteiger partial charge in [0.05, 0.1) is 6.61 Å². The molecule has 26 heavy (non-hydrogen) atoms. The molecule has 2 nitrogen and oxygen atoms in total. The van der Waals surface area contributed by atoms with Crippen LogP contribution in [-0.4, -0.2) is 5.11 Å². The van der Waals surface area contributed by atoms with E-state index >= 15 is 4.39 Å². The Morgan fingerprint density at radius 3 is 2.23 bits per heavy atom. The lowest BCUT2D eigenvalue weighted by molar-refractivity contribution is 0.273. The number of hydrogen-bond donors (Lipinski definition) is 2. The molecule has 1 atom stereocenters. The van der Waals surface area contributed by atoms with Crippen molar-refractivity contribution in [3.63, 3.8) is 0 Å². The van der Waals surface area contributed by atoms with E-state index in [2.05, 4.69) is 26.8 Å². The highest BCUT2D eigenvalue weighted by Crippen LogP contribution is 2.39. The van der Waals surface area contributed by atoms with Crippen LogP contribution < -0.4 is 5.73 Å². The van der Waals surface area contributed by atoms with Crippen LogP contribution >= 0.6 is 0 Å². The van der Waals surface area contributed by atoms with Crippen molar-refractivity contribution in [2.45, 2.75) is 65.0 Å². The third-order valence-electron chi connectivity index (χ3n) is 5.10. The molecule has 2 rings (SSSR count). The van der Waals surface area contributed by atoms with Gasteiger partial charge < -0.3 is 10.8 Å². The van der Waals surface area contributed by atoms with E-state index in [-0.39, 0.29) is 30.2 Å². The number of aliphatic hydroxyl groups excluding tert-OH is 1. The molecule has 1 radical (unpaired) electrons. The highest BCUT2D eigenvalue weighted by atomic mass is 19.1. The summed E-state index contributed by atoms with van der Waals surface area (Å²) in [5.74, 6) is -0.118. The molecule has 0 heterocycles. The fourth-order valence-corrected chi connectivity index (χ4v) is 3.67. The molecule has 3 N–H and O–H groups in total. The highest BCUT2D eigenvalue weighted by Gasteiger charge is 2.26. The third kappa shape index (κ3) is 3.99. The summed E-state index contributed by atoms with van der Waals surface area (Å²) in [6, 6.07) is 10.1. The van der Waals surface area contributed by atoms with Gasteiger partial charge in [-0.1, -0.05) is 65.0 Å². The Hall–Kier alpha value is -1.71. The Morgan fingerprint density at radius 2 is 1.73 bits per heavy atom. The molecule has 1 unspecified atom stereocenters. The second-order valence-corrected chi connectivity index (χ2v) is 7.52. The first kappa shape index (κ1) is 20.6. The molecule has 0 saturated heterocycles. The fourth-order valence-electron chi connectivity index (χ4n) is 3.67. The highest BCUT2D eigenvalue weighted by molar-refractivity contribution is 5.48. The topological polar surface area (TPSA) is 46.2 Å². The van der Waals surface area contributed by atoms with Gasteiger partial charge in [-0.05, 0) is 46.1 Å². The van der Waals surface area contributed by atoms with E-state index in [1.165, 1.54) is 0 Å². The first-order valence-electron chi connectivity index (χ1n) is 9.39. The third-order valence-corrected chi connectivity index (χ3v) is 5.10. The van der Waals surface area contributed by atoms with Crippen LogP contribution in [0.5, 0.6) is 0 Å². The van der Waals surface area contributed by atoms with Crippen LogP contribution in [0.3, 0.4) is 0 Å². The van der Waals surface area contributed by atoms with Gasteiger partial charge >= 0.3 is 0 Å². The van der Waals surface area contributed by atoms with E-state index in [9.17, 15) is 5.11 Å². The minimum atomic E-state index is -0.294. The van der Waals surface area contributed by atoms with E-state index in [0.29, 0.717) is 24.1 Å². The van der Waals surface area contributed by atoms with Gasteiger partial charge in [0.2, 0.25) is 0 Å². The molecule has 0 aliphatic rings. The zero-order chi connectivity index (χ0) is 19.4. The van der Waals surface area contributed by atoms with Crippen LogP contribution in [0.15, 0.2) is 30.3 Å². The molecule has 2 aromatic carbocycles. The van der Waals surface area contributed by atoms with Crippen molar-refractivity contribution in [2.75, 3.05) is 0 Å². The Kier molecular flexibility index (Phi) is 6.96. The van der Waals surface area contributed by atoms with E-state index in [4.69, 9.17) is 5.73 Å². The molecule has 0 aromatic heterocycles. The average molecular weight is 357 g/mol. The van der Waals surface area contributed by atoms with Gasteiger partial charge in [0.25, 0.3) is 0 Å². The van der Waals surface area contributed by atoms with Crippen LogP contribution in [0.4, 0.5) is 4.39 Å². The Morgan fingerprint density at radius 1 is 1.08 bits per heavy atom. The van der Waals surface area contributed by atoms with Gasteiger partial charge in [-0.25, -0.2) is 4.39 Å². The maximum Gasteiger partial charge on any atom is 0.133 e. The Balaban J connectivity index is 2.75. The molecule has 2 aromatic rings. The van der Waals surface area contributed by atoms with Gasteiger partial charge in [0.1, 0.15) is 5.82 Å². The van der Waals surface area contributed by atoms with Gasteiger partial charge in [0, 0.05) is 18.0 Å². The van der Waals surface area contributed by atoms with Crippen molar-refractivity contribution in [3.8, 4) is 0 Å². The number of nitrogens with two attached hydrogens (primary N) is 1. The lowest BCUT2D eigenvalue weighted by atomic mass is 9.79. The van der Waals surface area contributed by atoms with Gasteiger partial charge in [-0.15, -0.1) is 0 Å². The first-order valence-corrected chi connectivity index (χ1v) is 9.39. The summed E-state index contributed by atoms with van der Waals surface area (Å²) in [5.41, 5.74) is 10.8. The summed E-state index contributed by atoms with van der Waals surface area (Å²) in [6.07, 6.45) is 0.538. The van der Waals surface area contributed by atoms with Crippen LogP contribution in [0.1, 0.15) is 85.3 Å². The number of benzene rings is 2. The van der Waals surface area contributed by atoms with Gasteiger partial charge in [-0.3, -0.25) is 0 Å². The lowest BCUT2D eigenvalue weighted by Gasteiger charge is -2.26. The quantitative estimate of drug-likeness (QED) is 0.699. The summed E-state index contributed by atoms with van der Waals surface area (Å²) in [6.45, 7) is 12.5. The average Bonchev–Trinajstić information content (AvgIpc) is 2.62. The number of halogens is 1. The molecule has 0 amide bonds. The largest absolute Gasteiger partial charge is 0.392 e. The van der Waals surface area contributed by atoms with Crippen molar-refractivity contribution >= 4 is 0 Å². The molecule has 0 spiro atoms. The number of hydrogen-bond acceptors (Lipinski definition) is 2. The van der Waals surface area contributed by atoms with Crippen molar-refractivity contribution in [1.82, 2.24) is 0 Å². The summed E-state index contributed by atoms with van der Waals surface area (Å²) >= 11 is 0. The van der Waals surface area contributed by atoms with E-state index in [1.54, 1.807) is 0 Å². The number of rotatable bonds is 7. The molecular weight excluding hydrogens is 325 g/mol. The van der Waals surface area contributed by atoms with Gasteiger partial charge in [-0.2, -0.15) is 0 Å². The fraction of sp³-hybridized carbons (Fsp3) is 0.435. The predicted octanol–water partition coefficient (Wildman–Crippen LogP) is 5.38. The molecule has 0 saturated carbocycles. The standard InChI is InChI=1S/C23H31FNO/c1-6-18(17-9-7-8-16(10-17)12-25)22-20(15(4)5)11-19(14(2)3)21(13-26)23(22)24/h7-11,14-15,18,26H,1,6,12-13,25H2,2-5H3. The lowest BCUT2D eigenvalue weighted by Crippen LogP contribution is -2.14. The zero-order valence-electron chi connectivity index (χ0n) is 16.3. The first-order chi connectivity index (χ1) is 12.3. The van der Waals surface area contributed by atoms with Crippen molar-refractivity contribution in [3.05, 3.63) is 76.5 Å². The Bertz CT molecular complexity index is 752.